The van der Waals surface area contributed by atoms with Gasteiger partial charge in [0, 0.05) is 19.4 Å². The molecular formula is C83H148NO8P. The summed E-state index contributed by atoms with van der Waals surface area (Å²) in [5.74, 6) is -0.818. The highest BCUT2D eigenvalue weighted by atomic mass is 31.2. The fourth-order valence-electron chi connectivity index (χ4n) is 11.4. The normalized spacial score (nSPS) is 13.5. The van der Waals surface area contributed by atoms with E-state index < -0.39 is 26.5 Å². The zero-order valence-electron chi connectivity index (χ0n) is 60.7. The maximum Gasteiger partial charge on any atom is 0.472 e. The maximum atomic E-state index is 12.8. The number of hydrogen-bond acceptors (Lipinski definition) is 8. The fourth-order valence-corrected chi connectivity index (χ4v) is 12.1. The second-order valence-corrected chi connectivity index (χ2v) is 27.7. The zero-order valence-corrected chi connectivity index (χ0v) is 61.6. The van der Waals surface area contributed by atoms with Crippen LogP contribution in [0.4, 0.5) is 0 Å². The van der Waals surface area contributed by atoms with Crippen LogP contribution in [0.2, 0.25) is 0 Å². The van der Waals surface area contributed by atoms with Crippen LogP contribution in [0.15, 0.2) is 109 Å². The fraction of sp³-hybridized carbons (Fsp3) is 0.759. The summed E-state index contributed by atoms with van der Waals surface area (Å²) in [7, 11) is -4.40. The molecule has 538 valence electrons. The molecule has 10 heteroatoms. The van der Waals surface area contributed by atoms with E-state index in [1.165, 1.54) is 250 Å². The van der Waals surface area contributed by atoms with E-state index in [-0.39, 0.29) is 38.6 Å². The molecule has 0 aromatic heterocycles. The van der Waals surface area contributed by atoms with Gasteiger partial charge >= 0.3 is 19.8 Å². The van der Waals surface area contributed by atoms with Gasteiger partial charge in [-0.3, -0.25) is 18.6 Å². The van der Waals surface area contributed by atoms with E-state index in [1.54, 1.807) is 0 Å². The average molecular weight is 1320 g/mol. The number of rotatable bonds is 74. The van der Waals surface area contributed by atoms with Gasteiger partial charge in [-0.15, -0.1) is 0 Å². The number of ether oxygens (including phenoxy) is 2. The topological polar surface area (TPSA) is 134 Å². The molecule has 93 heavy (non-hydrogen) atoms. The first-order valence-electron chi connectivity index (χ1n) is 39.4. The molecule has 2 unspecified atom stereocenters. The molecule has 0 amide bonds. The van der Waals surface area contributed by atoms with Crippen molar-refractivity contribution in [3.05, 3.63) is 109 Å². The molecule has 0 rings (SSSR count). The molecule has 0 heterocycles. The van der Waals surface area contributed by atoms with Crippen LogP contribution in [0.1, 0.15) is 373 Å². The van der Waals surface area contributed by atoms with Gasteiger partial charge in [-0.05, 0) is 103 Å². The van der Waals surface area contributed by atoms with Crippen LogP contribution >= 0.6 is 7.82 Å². The summed E-state index contributed by atoms with van der Waals surface area (Å²) < 4.78 is 33.3. The number of hydrogen-bond donors (Lipinski definition) is 2. The molecule has 0 aliphatic heterocycles. The van der Waals surface area contributed by atoms with E-state index in [0.717, 1.165) is 89.9 Å². The number of unbranched alkanes of at least 4 members (excludes halogenated alkanes) is 43. The van der Waals surface area contributed by atoms with Gasteiger partial charge in [0.1, 0.15) is 6.61 Å². The minimum atomic E-state index is -4.40. The van der Waals surface area contributed by atoms with E-state index in [9.17, 15) is 19.0 Å². The lowest BCUT2D eigenvalue weighted by atomic mass is 10.0. The van der Waals surface area contributed by atoms with Crippen molar-refractivity contribution in [3.8, 4) is 0 Å². The molecule has 0 aliphatic carbocycles. The number of esters is 2. The quantitative estimate of drug-likeness (QED) is 0.0264. The van der Waals surface area contributed by atoms with Crippen molar-refractivity contribution in [2.24, 2.45) is 5.73 Å². The molecule has 0 bridgehead atoms. The lowest BCUT2D eigenvalue weighted by Gasteiger charge is -2.19. The van der Waals surface area contributed by atoms with E-state index in [1.807, 2.05) is 0 Å². The van der Waals surface area contributed by atoms with Crippen LogP contribution in [0.5, 0.6) is 0 Å². The van der Waals surface area contributed by atoms with Gasteiger partial charge in [0.2, 0.25) is 0 Å². The van der Waals surface area contributed by atoms with Crippen molar-refractivity contribution < 1.29 is 37.6 Å². The molecule has 3 N–H and O–H groups in total. The predicted molar refractivity (Wildman–Crippen MR) is 404 cm³/mol. The predicted octanol–water partition coefficient (Wildman–Crippen LogP) is 26.4. The summed E-state index contributed by atoms with van der Waals surface area (Å²) in [6, 6.07) is 0. The third-order valence-corrected chi connectivity index (χ3v) is 18.1. The van der Waals surface area contributed by atoms with Gasteiger partial charge in [-0.1, -0.05) is 367 Å². The van der Waals surface area contributed by atoms with Gasteiger partial charge in [0.25, 0.3) is 0 Å². The molecule has 9 nitrogen and oxygen atoms in total. The Balaban J connectivity index is 3.83. The molecule has 0 aromatic carbocycles. The van der Waals surface area contributed by atoms with E-state index in [0.29, 0.717) is 6.42 Å². The van der Waals surface area contributed by atoms with Gasteiger partial charge in [0.05, 0.1) is 13.2 Å². The molecule has 0 fully saturated rings. The van der Waals surface area contributed by atoms with E-state index >= 15 is 0 Å². The number of phosphoric ester groups is 1. The molecule has 2 atom stereocenters. The number of phosphoric acid groups is 1. The van der Waals surface area contributed by atoms with Crippen LogP contribution in [-0.2, 0) is 32.7 Å². The first kappa shape index (κ1) is 89.7. The van der Waals surface area contributed by atoms with Gasteiger partial charge in [-0.2, -0.15) is 0 Å². The summed E-state index contributed by atoms with van der Waals surface area (Å²) in [5, 5.41) is 0. The highest BCUT2D eigenvalue weighted by Gasteiger charge is 2.26. The van der Waals surface area contributed by atoms with Crippen LogP contribution in [-0.4, -0.2) is 49.3 Å². The lowest BCUT2D eigenvalue weighted by molar-refractivity contribution is -0.161. The Kier molecular flexibility index (Phi) is 74.9. The number of allylic oxidation sites excluding steroid dienone is 18. The third kappa shape index (κ3) is 77.6. The Hall–Kier alpha value is -3.33. The minimum absolute atomic E-state index is 0.0509. The Labute approximate surface area is 575 Å². The zero-order chi connectivity index (χ0) is 67.2. The molecule has 0 saturated carbocycles. The first-order valence-corrected chi connectivity index (χ1v) is 40.9. The van der Waals surface area contributed by atoms with Crippen molar-refractivity contribution >= 4 is 19.8 Å². The molecular weight excluding hydrogens is 1170 g/mol. The van der Waals surface area contributed by atoms with Crippen molar-refractivity contribution in [2.75, 3.05) is 26.4 Å². The van der Waals surface area contributed by atoms with E-state index in [2.05, 4.69) is 123 Å². The van der Waals surface area contributed by atoms with Gasteiger partial charge < -0.3 is 20.1 Å². The molecule has 0 radical (unpaired) electrons. The van der Waals surface area contributed by atoms with Gasteiger partial charge in [0.15, 0.2) is 6.10 Å². The standard InChI is InChI=1S/C83H148NO8P/c1-3-5-7-9-11-13-15-17-19-21-23-25-27-29-31-33-35-37-39-40-42-44-46-48-50-52-54-56-58-60-62-64-66-68-70-72-74-76-83(86)92-81(80-91-93(87,88)90-78-77-84)79-89-82(85)75-73-71-69-67-65-63-61-59-57-55-53-51-49-47-45-43-41-38-36-34-32-30-28-26-24-22-20-18-16-14-12-10-8-6-4-2/h5,7,11,13,17,19,22-25,29,31,35,37,40,42,46,48,81H,3-4,6,8-10,12,14-16,18,20-21,26-28,30,32-34,36,38-39,41,43-45,47,49-80,84H2,1-2H3,(H,87,88)/b7-5-,13-11-,19-17-,24-22-,25-23-,31-29-,37-35-,42-40-,48-46-. The first-order chi connectivity index (χ1) is 45.8. The van der Waals surface area contributed by atoms with Crippen LogP contribution in [0.25, 0.3) is 0 Å². The molecule has 0 saturated heterocycles. The third-order valence-electron chi connectivity index (χ3n) is 17.1. The summed E-state index contributed by atoms with van der Waals surface area (Å²) in [6.45, 7) is 3.67. The van der Waals surface area contributed by atoms with Gasteiger partial charge in [-0.25, -0.2) is 4.57 Å². The number of nitrogens with two attached hydrogens (primary N) is 1. The van der Waals surface area contributed by atoms with Crippen LogP contribution in [0, 0.1) is 0 Å². The smallest absolute Gasteiger partial charge is 0.462 e. The van der Waals surface area contributed by atoms with E-state index in [4.69, 9.17) is 24.3 Å². The number of carbonyl (C=O) groups is 2. The highest BCUT2D eigenvalue weighted by molar-refractivity contribution is 7.47. The summed E-state index contributed by atoms with van der Waals surface area (Å²) in [4.78, 5) is 35.5. The molecule has 0 spiro atoms. The summed E-state index contributed by atoms with van der Waals surface area (Å²) in [5.41, 5.74) is 5.41. The number of carbonyl (C=O) groups excluding carboxylic acids is 2. The lowest BCUT2D eigenvalue weighted by Crippen LogP contribution is -2.29. The summed E-state index contributed by atoms with van der Waals surface area (Å²) >= 11 is 0. The Morgan fingerprint density at radius 2 is 0.591 bits per heavy atom. The molecule has 0 aromatic rings. The van der Waals surface area contributed by atoms with Crippen molar-refractivity contribution in [1.82, 2.24) is 0 Å². The monoisotopic (exact) mass is 1320 g/mol. The SMILES string of the molecule is CC/C=C\C/C=C\C/C=C\C/C=C\C/C=C\C/C=C\C/C=C\C/C=C\CCCCCCCCCCCCCCC(=O)OC(COC(=O)CCCCCCCCCCCCCCCCCCCCCCCCC/C=C\CCCCCCCCCC)COP(=O)(O)OCCN. The second-order valence-electron chi connectivity index (χ2n) is 26.2. The van der Waals surface area contributed by atoms with Crippen LogP contribution < -0.4 is 5.73 Å². The summed E-state index contributed by atoms with van der Waals surface area (Å²) in [6.07, 6.45) is 108. The Morgan fingerprint density at radius 1 is 0.333 bits per heavy atom. The Bertz CT molecular complexity index is 1900. The largest absolute Gasteiger partial charge is 0.472 e. The maximum absolute atomic E-state index is 12.8. The Morgan fingerprint density at radius 3 is 0.892 bits per heavy atom. The second kappa shape index (κ2) is 77.7. The highest BCUT2D eigenvalue weighted by Crippen LogP contribution is 2.43. The van der Waals surface area contributed by atoms with Crippen LogP contribution in [0.3, 0.4) is 0 Å². The van der Waals surface area contributed by atoms with Crippen molar-refractivity contribution in [3.63, 3.8) is 0 Å². The van der Waals surface area contributed by atoms with Crippen molar-refractivity contribution in [2.45, 2.75) is 380 Å². The average Bonchev–Trinajstić information content (AvgIpc) is 3.04. The molecule has 0 aliphatic rings. The minimum Gasteiger partial charge on any atom is -0.462 e. The van der Waals surface area contributed by atoms with Crippen molar-refractivity contribution in [1.29, 1.82) is 0 Å².